The van der Waals surface area contributed by atoms with Gasteiger partial charge in [0.1, 0.15) is 0 Å². The quantitative estimate of drug-likeness (QED) is 0.459. The van der Waals surface area contributed by atoms with Crippen molar-refractivity contribution in [2.75, 3.05) is 0 Å². The van der Waals surface area contributed by atoms with Gasteiger partial charge in [0.2, 0.25) is 9.05 Å². The van der Waals surface area contributed by atoms with Crippen LogP contribution in [-0.4, -0.2) is 13.7 Å². The van der Waals surface area contributed by atoms with Gasteiger partial charge < -0.3 is 0 Å². The number of hydrogen-bond acceptors (Lipinski definition) is 2. The molecule has 0 aromatic heterocycles. The van der Waals surface area contributed by atoms with E-state index in [-0.39, 0.29) is 5.25 Å². The first kappa shape index (κ1) is 15.2. The SMILES string of the molecule is CCCCCCC(CCCC)S(=O)(=O)Cl. The average Bonchev–Trinajstić information content (AvgIpc) is 2.15. The largest absolute Gasteiger partial charge is 0.235 e. The second kappa shape index (κ2) is 8.40. The molecule has 92 valence electrons. The summed E-state index contributed by atoms with van der Waals surface area (Å²) in [6, 6.07) is 0. The van der Waals surface area contributed by atoms with E-state index in [4.69, 9.17) is 10.7 Å². The van der Waals surface area contributed by atoms with Gasteiger partial charge in [-0.3, -0.25) is 0 Å². The normalized spacial score (nSPS) is 14.1. The van der Waals surface area contributed by atoms with Gasteiger partial charge >= 0.3 is 0 Å². The molecule has 0 amide bonds. The Bertz CT molecular complexity index is 237. The molecule has 0 aliphatic heterocycles. The highest BCUT2D eigenvalue weighted by Gasteiger charge is 2.21. The van der Waals surface area contributed by atoms with E-state index in [1.54, 1.807) is 0 Å². The first-order valence-corrected chi connectivity index (χ1v) is 8.33. The van der Waals surface area contributed by atoms with Gasteiger partial charge in [-0.2, -0.15) is 0 Å². The molecule has 1 unspecified atom stereocenters. The predicted octanol–water partition coefficient (Wildman–Crippen LogP) is 4.08. The third-order valence-electron chi connectivity index (χ3n) is 2.66. The van der Waals surface area contributed by atoms with E-state index < -0.39 is 9.05 Å². The molecule has 0 aromatic carbocycles. The fourth-order valence-electron chi connectivity index (χ4n) is 1.66. The van der Waals surface area contributed by atoms with Crippen LogP contribution in [0.4, 0.5) is 0 Å². The van der Waals surface area contributed by atoms with Crippen molar-refractivity contribution in [1.29, 1.82) is 0 Å². The van der Waals surface area contributed by atoms with E-state index in [1.165, 1.54) is 12.8 Å². The van der Waals surface area contributed by atoms with Crippen LogP contribution < -0.4 is 0 Å². The topological polar surface area (TPSA) is 34.1 Å². The fraction of sp³-hybridized carbons (Fsp3) is 1.00. The van der Waals surface area contributed by atoms with Crippen molar-refractivity contribution in [3.8, 4) is 0 Å². The molecule has 0 aliphatic rings. The Morgan fingerprint density at radius 1 is 0.933 bits per heavy atom. The molecule has 0 fully saturated rings. The zero-order chi connectivity index (χ0) is 11.7. The highest BCUT2D eigenvalue weighted by atomic mass is 35.7. The molecule has 0 aliphatic carbocycles. The molecule has 0 saturated carbocycles. The summed E-state index contributed by atoms with van der Waals surface area (Å²) in [5.74, 6) is 0. The monoisotopic (exact) mass is 254 g/mol. The molecule has 4 heteroatoms. The van der Waals surface area contributed by atoms with Gasteiger partial charge in [0.15, 0.2) is 0 Å². The zero-order valence-corrected chi connectivity index (χ0v) is 11.4. The van der Waals surface area contributed by atoms with Crippen LogP contribution in [0.25, 0.3) is 0 Å². The standard InChI is InChI=1S/C11H23ClO2S/c1-3-5-7-8-10-11(9-6-4-2)15(12,13)14/h11H,3-10H2,1-2H3. The van der Waals surface area contributed by atoms with E-state index in [9.17, 15) is 8.42 Å². The van der Waals surface area contributed by atoms with Gasteiger partial charge in [-0.1, -0.05) is 52.4 Å². The number of hydrogen-bond donors (Lipinski definition) is 0. The van der Waals surface area contributed by atoms with Crippen molar-refractivity contribution in [3.63, 3.8) is 0 Å². The molecule has 0 aromatic rings. The molecular formula is C11H23ClO2S. The Kier molecular flexibility index (Phi) is 8.53. The minimum Gasteiger partial charge on any atom is -0.212 e. The molecule has 1 atom stereocenters. The van der Waals surface area contributed by atoms with Gasteiger partial charge in [-0.05, 0) is 12.8 Å². The van der Waals surface area contributed by atoms with Crippen LogP contribution in [-0.2, 0) is 9.05 Å². The maximum absolute atomic E-state index is 11.3. The van der Waals surface area contributed by atoms with Crippen molar-refractivity contribution in [1.82, 2.24) is 0 Å². The van der Waals surface area contributed by atoms with E-state index in [2.05, 4.69) is 13.8 Å². The summed E-state index contributed by atoms with van der Waals surface area (Å²) >= 11 is 0. The lowest BCUT2D eigenvalue weighted by Gasteiger charge is -2.12. The number of rotatable bonds is 9. The summed E-state index contributed by atoms with van der Waals surface area (Å²) in [7, 11) is 2.07. The van der Waals surface area contributed by atoms with Gasteiger partial charge in [-0.15, -0.1) is 0 Å². The van der Waals surface area contributed by atoms with Gasteiger partial charge in [0.25, 0.3) is 0 Å². The van der Waals surface area contributed by atoms with Crippen molar-refractivity contribution in [2.45, 2.75) is 70.5 Å². The lowest BCUT2D eigenvalue weighted by Crippen LogP contribution is -2.16. The lowest BCUT2D eigenvalue weighted by atomic mass is 10.1. The van der Waals surface area contributed by atoms with Crippen LogP contribution in [0.3, 0.4) is 0 Å². The Morgan fingerprint density at radius 2 is 1.47 bits per heavy atom. The number of halogens is 1. The van der Waals surface area contributed by atoms with Crippen LogP contribution >= 0.6 is 10.7 Å². The Morgan fingerprint density at radius 3 is 1.93 bits per heavy atom. The van der Waals surface area contributed by atoms with Crippen LogP contribution in [0.5, 0.6) is 0 Å². The second-order valence-electron chi connectivity index (χ2n) is 4.09. The van der Waals surface area contributed by atoms with E-state index in [1.807, 2.05) is 0 Å². The highest BCUT2D eigenvalue weighted by Crippen LogP contribution is 2.20. The van der Waals surface area contributed by atoms with E-state index in [0.29, 0.717) is 6.42 Å². The molecule has 2 nitrogen and oxygen atoms in total. The van der Waals surface area contributed by atoms with Crippen molar-refractivity contribution in [3.05, 3.63) is 0 Å². The lowest BCUT2D eigenvalue weighted by molar-refractivity contribution is 0.540. The summed E-state index contributed by atoms with van der Waals surface area (Å²) in [6.45, 7) is 4.21. The minimum atomic E-state index is -3.35. The summed E-state index contributed by atoms with van der Waals surface area (Å²) < 4.78 is 22.5. The van der Waals surface area contributed by atoms with Gasteiger partial charge in [0.05, 0.1) is 5.25 Å². The number of unbranched alkanes of at least 4 members (excludes halogenated alkanes) is 4. The van der Waals surface area contributed by atoms with Crippen LogP contribution in [0.2, 0.25) is 0 Å². The summed E-state index contributed by atoms with van der Waals surface area (Å²) in [5, 5.41) is -0.323. The Labute approximate surface area is 98.8 Å². The molecule has 0 rings (SSSR count). The Balaban J connectivity index is 3.92. The van der Waals surface area contributed by atoms with E-state index in [0.717, 1.165) is 32.1 Å². The first-order chi connectivity index (χ1) is 7.02. The average molecular weight is 255 g/mol. The molecule has 0 spiro atoms. The maximum atomic E-state index is 11.3. The van der Waals surface area contributed by atoms with Crippen molar-refractivity contribution in [2.24, 2.45) is 0 Å². The van der Waals surface area contributed by atoms with E-state index >= 15 is 0 Å². The van der Waals surface area contributed by atoms with Gasteiger partial charge in [0, 0.05) is 10.7 Å². The second-order valence-corrected chi connectivity index (χ2v) is 7.00. The van der Waals surface area contributed by atoms with Gasteiger partial charge in [-0.25, -0.2) is 8.42 Å². The minimum absolute atomic E-state index is 0.323. The molecule has 0 bridgehead atoms. The van der Waals surface area contributed by atoms with Crippen molar-refractivity contribution < 1.29 is 8.42 Å². The predicted molar refractivity (Wildman–Crippen MR) is 66.8 cm³/mol. The molecule has 0 heterocycles. The van der Waals surface area contributed by atoms with Crippen LogP contribution in [0.15, 0.2) is 0 Å². The molecular weight excluding hydrogens is 232 g/mol. The smallest absolute Gasteiger partial charge is 0.212 e. The van der Waals surface area contributed by atoms with Crippen molar-refractivity contribution >= 4 is 19.7 Å². The third kappa shape index (κ3) is 8.09. The molecule has 0 N–H and O–H groups in total. The summed E-state index contributed by atoms with van der Waals surface area (Å²) in [5.41, 5.74) is 0. The third-order valence-corrected chi connectivity index (χ3v) is 4.68. The van der Waals surface area contributed by atoms with Crippen LogP contribution in [0, 0.1) is 0 Å². The first-order valence-electron chi connectivity index (χ1n) is 5.95. The molecule has 15 heavy (non-hydrogen) atoms. The van der Waals surface area contributed by atoms with Crippen LogP contribution in [0.1, 0.15) is 65.2 Å². The summed E-state index contributed by atoms with van der Waals surface area (Å²) in [4.78, 5) is 0. The molecule has 0 saturated heterocycles. The maximum Gasteiger partial charge on any atom is 0.235 e. The zero-order valence-electron chi connectivity index (χ0n) is 9.84. The summed E-state index contributed by atoms with van der Waals surface area (Å²) in [6.07, 6.45) is 7.87. The highest BCUT2D eigenvalue weighted by molar-refractivity contribution is 8.14. The Hall–Kier alpha value is 0.240. The molecule has 0 radical (unpaired) electrons. The fourth-order valence-corrected chi connectivity index (χ4v) is 3.09.